The van der Waals surface area contributed by atoms with Crippen molar-refractivity contribution >= 4 is 11.6 Å². The summed E-state index contributed by atoms with van der Waals surface area (Å²) in [6.45, 7) is 2.06. The topological polar surface area (TPSA) is 62.4 Å². The summed E-state index contributed by atoms with van der Waals surface area (Å²) in [5.41, 5.74) is 4.35. The van der Waals surface area contributed by atoms with E-state index >= 15 is 0 Å². The summed E-state index contributed by atoms with van der Waals surface area (Å²) < 4.78 is 5.01. The number of ether oxygens (including phenoxy) is 1. The first kappa shape index (κ1) is 18.0. The molecule has 0 spiro atoms. The van der Waals surface area contributed by atoms with Crippen LogP contribution >= 0.6 is 0 Å². The van der Waals surface area contributed by atoms with Crippen LogP contribution in [0.15, 0.2) is 48.5 Å². The Morgan fingerprint density at radius 1 is 1.19 bits per heavy atom. The van der Waals surface area contributed by atoms with Crippen LogP contribution in [0.3, 0.4) is 0 Å². The van der Waals surface area contributed by atoms with Gasteiger partial charge < -0.3 is 20.7 Å². The van der Waals surface area contributed by atoms with Gasteiger partial charge in [-0.2, -0.15) is 0 Å². The fourth-order valence-corrected chi connectivity index (χ4v) is 4.34. The molecular formula is C22H27N3O2. The smallest absolute Gasteiger partial charge is 0.251 e. The number of methoxy groups -OCH3 is 1. The van der Waals surface area contributed by atoms with Crippen molar-refractivity contribution in [2.24, 2.45) is 5.92 Å². The lowest BCUT2D eigenvalue weighted by molar-refractivity contribution is 0.0937. The third-order valence-electron chi connectivity index (χ3n) is 5.65. The molecule has 2 aromatic carbocycles. The Labute approximate surface area is 160 Å². The number of hydrogen-bond donors (Lipinski definition) is 3. The van der Waals surface area contributed by atoms with Gasteiger partial charge in [-0.25, -0.2) is 0 Å². The average Bonchev–Trinajstić information content (AvgIpc) is 2.73. The van der Waals surface area contributed by atoms with Gasteiger partial charge in [-0.15, -0.1) is 0 Å². The van der Waals surface area contributed by atoms with E-state index in [1.165, 1.54) is 24.0 Å². The van der Waals surface area contributed by atoms with Gasteiger partial charge in [0.15, 0.2) is 0 Å². The molecule has 27 heavy (non-hydrogen) atoms. The molecule has 2 heterocycles. The fourth-order valence-electron chi connectivity index (χ4n) is 4.34. The van der Waals surface area contributed by atoms with Crippen LogP contribution in [0.25, 0.3) is 0 Å². The molecule has 0 bridgehead atoms. The lowest BCUT2D eigenvalue weighted by Crippen LogP contribution is -2.42. The van der Waals surface area contributed by atoms with Gasteiger partial charge >= 0.3 is 0 Å². The van der Waals surface area contributed by atoms with Crippen LogP contribution in [0.2, 0.25) is 0 Å². The second kappa shape index (κ2) is 8.11. The monoisotopic (exact) mass is 365 g/mol. The van der Waals surface area contributed by atoms with Crippen LogP contribution in [0.1, 0.15) is 46.4 Å². The quantitative estimate of drug-likeness (QED) is 0.712. The molecule has 4 rings (SSSR count). The van der Waals surface area contributed by atoms with Crippen LogP contribution in [0, 0.1) is 5.92 Å². The predicted octanol–water partition coefficient (Wildman–Crippen LogP) is 3.27. The SMILES string of the molecule is COCCNC(=O)c1ccc2c(c1)[C@H]1NCCC[C@H]1C(c1ccccc1)N2. The molecule has 142 valence electrons. The molecule has 1 fully saturated rings. The molecule has 5 heteroatoms. The number of rotatable bonds is 5. The maximum atomic E-state index is 12.4. The second-order valence-corrected chi connectivity index (χ2v) is 7.32. The largest absolute Gasteiger partial charge is 0.383 e. The zero-order valence-corrected chi connectivity index (χ0v) is 15.7. The number of piperidine rings is 1. The standard InChI is InChI=1S/C22H27N3O2/c1-27-13-12-24-22(26)16-9-10-19-18(14-16)21-17(8-5-11-23-21)20(25-19)15-6-3-2-4-7-15/h2-4,6-7,9-10,14,17,20-21,23,25H,5,8,11-13H2,1H3,(H,24,26)/t17-,20?,21-/m0/s1. The fraction of sp³-hybridized carbons (Fsp3) is 0.409. The predicted molar refractivity (Wildman–Crippen MR) is 107 cm³/mol. The van der Waals surface area contributed by atoms with E-state index in [0.717, 1.165) is 12.2 Å². The summed E-state index contributed by atoms with van der Waals surface area (Å²) in [7, 11) is 1.63. The first-order valence-corrected chi connectivity index (χ1v) is 9.74. The molecule has 5 nitrogen and oxygen atoms in total. The third kappa shape index (κ3) is 3.70. The van der Waals surface area contributed by atoms with E-state index in [0.29, 0.717) is 24.6 Å². The Morgan fingerprint density at radius 3 is 2.85 bits per heavy atom. The lowest BCUT2D eigenvalue weighted by Gasteiger charge is -2.44. The summed E-state index contributed by atoms with van der Waals surface area (Å²) in [6.07, 6.45) is 2.35. The highest BCUT2D eigenvalue weighted by Gasteiger charge is 2.38. The van der Waals surface area contributed by atoms with E-state index in [1.54, 1.807) is 7.11 Å². The van der Waals surface area contributed by atoms with Crippen molar-refractivity contribution in [2.45, 2.75) is 24.9 Å². The molecule has 0 aliphatic carbocycles. The van der Waals surface area contributed by atoms with Gasteiger partial charge in [0.05, 0.1) is 12.6 Å². The second-order valence-electron chi connectivity index (χ2n) is 7.32. The van der Waals surface area contributed by atoms with Crippen molar-refractivity contribution in [3.63, 3.8) is 0 Å². The maximum Gasteiger partial charge on any atom is 0.251 e. The molecule has 2 aliphatic heterocycles. The van der Waals surface area contributed by atoms with Gasteiger partial charge in [0.2, 0.25) is 0 Å². The Hall–Kier alpha value is -2.37. The number of benzene rings is 2. The number of fused-ring (bicyclic) bond motifs is 3. The minimum atomic E-state index is -0.0487. The Morgan fingerprint density at radius 2 is 2.04 bits per heavy atom. The van der Waals surface area contributed by atoms with E-state index in [4.69, 9.17) is 4.74 Å². The number of carbonyl (C=O) groups excluding carboxylic acids is 1. The zero-order valence-electron chi connectivity index (χ0n) is 15.7. The lowest BCUT2D eigenvalue weighted by atomic mass is 9.75. The highest BCUT2D eigenvalue weighted by molar-refractivity contribution is 5.95. The van der Waals surface area contributed by atoms with E-state index in [9.17, 15) is 4.79 Å². The van der Waals surface area contributed by atoms with E-state index in [1.807, 2.05) is 18.2 Å². The average molecular weight is 365 g/mol. The van der Waals surface area contributed by atoms with Crippen molar-refractivity contribution in [3.8, 4) is 0 Å². The van der Waals surface area contributed by atoms with Gasteiger partial charge in [0, 0.05) is 36.9 Å². The molecular weight excluding hydrogens is 338 g/mol. The first-order chi connectivity index (χ1) is 13.3. The summed E-state index contributed by atoms with van der Waals surface area (Å²) in [5, 5.41) is 10.4. The van der Waals surface area contributed by atoms with Crippen molar-refractivity contribution in [3.05, 3.63) is 65.2 Å². The van der Waals surface area contributed by atoms with E-state index < -0.39 is 0 Å². The van der Waals surface area contributed by atoms with Crippen molar-refractivity contribution in [2.75, 3.05) is 32.1 Å². The molecule has 0 radical (unpaired) electrons. The minimum Gasteiger partial charge on any atom is -0.383 e. The number of hydrogen-bond acceptors (Lipinski definition) is 4. The number of nitrogens with one attached hydrogen (secondary N) is 3. The van der Waals surface area contributed by atoms with E-state index in [2.05, 4.69) is 46.3 Å². The first-order valence-electron chi connectivity index (χ1n) is 9.74. The number of carbonyl (C=O) groups is 1. The molecule has 1 amide bonds. The van der Waals surface area contributed by atoms with Gasteiger partial charge in [-0.3, -0.25) is 4.79 Å². The highest BCUT2D eigenvalue weighted by atomic mass is 16.5. The van der Waals surface area contributed by atoms with Crippen LogP contribution in [0.5, 0.6) is 0 Å². The molecule has 1 unspecified atom stereocenters. The Bertz CT molecular complexity index is 793. The summed E-state index contributed by atoms with van der Waals surface area (Å²) in [4.78, 5) is 12.4. The van der Waals surface area contributed by atoms with Crippen LogP contribution in [0.4, 0.5) is 5.69 Å². The van der Waals surface area contributed by atoms with Gasteiger partial charge in [0.25, 0.3) is 5.91 Å². The molecule has 3 N–H and O–H groups in total. The van der Waals surface area contributed by atoms with Crippen molar-refractivity contribution < 1.29 is 9.53 Å². The molecule has 3 atom stereocenters. The normalized spacial score (nSPS) is 23.7. The number of amides is 1. The Balaban J connectivity index is 1.63. The van der Waals surface area contributed by atoms with Gasteiger partial charge in [0.1, 0.15) is 0 Å². The van der Waals surface area contributed by atoms with Crippen LogP contribution < -0.4 is 16.0 Å². The third-order valence-corrected chi connectivity index (χ3v) is 5.65. The van der Waals surface area contributed by atoms with Crippen molar-refractivity contribution in [1.29, 1.82) is 0 Å². The molecule has 0 aromatic heterocycles. The van der Waals surface area contributed by atoms with Gasteiger partial charge in [-0.05, 0) is 48.7 Å². The minimum absolute atomic E-state index is 0.0487. The van der Waals surface area contributed by atoms with E-state index in [-0.39, 0.29) is 18.0 Å². The molecule has 0 saturated carbocycles. The molecule has 1 saturated heterocycles. The summed E-state index contributed by atoms with van der Waals surface area (Å²) in [6, 6.07) is 17.2. The maximum absolute atomic E-state index is 12.4. The van der Waals surface area contributed by atoms with Crippen LogP contribution in [-0.4, -0.2) is 32.7 Å². The summed E-state index contributed by atoms with van der Waals surface area (Å²) >= 11 is 0. The molecule has 2 aliphatic rings. The number of anilines is 1. The zero-order chi connectivity index (χ0) is 18.6. The van der Waals surface area contributed by atoms with Crippen molar-refractivity contribution in [1.82, 2.24) is 10.6 Å². The summed E-state index contributed by atoms with van der Waals surface area (Å²) in [5.74, 6) is 0.424. The van der Waals surface area contributed by atoms with Crippen LogP contribution in [-0.2, 0) is 4.74 Å². The highest BCUT2D eigenvalue weighted by Crippen LogP contribution is 2.46. The van der Waals surface area contributed by atoms with Gasteiger partial charge in [-0.1, -0.05) is 30.3 Å². The molecule has 2 aromatic rings. The Kier molecular flexibility index (Phi) is 5.41.